The largest absolute Gasteiger partial charge is 0.395 e. The van der Waals surface area contributed by atoms with Crippen LogP contribution in [0.4, 0.5) is 0 Å². The lowest BCUT2D eigenvalue weighted by Gasteiger charge is -2.23. The molecule has 0 aliphatic carbocycles. The van der Waals surface area contributed by atoms with E-state index in [4.69, 9.17) is 28.3 Å². The van der Waals surface area contributed by atoms with Crippen molar-refractivity contribution in [3.05, 3.63) is 33.8 Å². The second-order valence-electron chi connectivity index (χ2n) is 3.65. The number of hydrogen-bond donors (Lipinski definition) is 1. The van der Waals surface area contributed by atoms with Crippen molar-refractivity contribution in [1.29, 1.82) is 0 Å². The van der Waals surface area contributed by atoms with Crippen LogP contribution in [-0.2, 0) is 4.79 Å². The Labute approximate surface area is 114 Å². The number of aliphatic hydroxyl groups is 1. The minimum atomic E-state index is -0.0792. The van der Waals surface area contributed by atoms with Crippen molar-refractivity contribution in [3.63, 3.8) is 0 Å². The number of thioether (sulfide) groups is 1. The molecule has 6 heteroatoms. The van der Waals surface area contributed by atoms with Crippen LogP contribution in [-0.4, -0.2) is 34.8 Å². The highest BCUT2D eigenvalue weighted by atomic mass is 35.5. The number of carbonyl (C=O) groups is 1. The molecular formula is C11H11Cl2NO2S. The van der Waals surface area contributed by atoms with Crippen LogP contribution in [0.3, 0.4) is 0 Å². The maximum Gasteiger partial charge on any atom is 0.233 e. The van der Waals surface area contributed by atoms with Crippen LogP contribution >= 0.6 is 35.0 Å². The fraction of sp³-hybridized carbons (Fsp3) is 0.364. The van der Waals surface area contributed by atoms with E-state index in [-0.39, 0.29) is 17.9 Å². The SMILES string of the molecule is O=C1CS[C@@H](c2ccc(Cl)c(Cl)c2)N1CCO. The van der Waals surface area contributed by atoms with Crippen molar-refractivity contribution >= 4 is 40.9 Å². The lowest BCUT2D eigenvalue weighted by atomic mass is 10.2. The summed E-state index contributed by atoms with van der Waals surface area (Å²) in [6.45, 7) is 0.306. The molecule has 2 rings (SSSR count). The topological polar surface area (TPSA) is 40.5 Å². The maximum absolute atomic E-state index is 11.6. The molecule has 1 aliphatic heterocycles. The number of carbonyl (C=O) groups excluding carboxylic acids is 1. The normalized spacial score (nSPS) is 20.1. The van der Waals surface area contributed by atoms with E-state index >= 15 is 0 Å². The molecule has 0 unspecified atom stereocenters. The van der Waals surface area contributed by atoms with E-state index in [2.05, 4.69) is 0 Å². The van der Waals surface area contributed by atoms with E-state index in [0.717, 1.165) is 5.56 Å². The van der Waals surface area contributed by atoms with Crippen LogP contribution in [0.25, 0.3) is 0 Å². The molecule has 92 valence electrons. The summed E-state index contributed by atoms with van der Waals surface area (Å²) in [5.74, 6) is 0.477. The molecule has 1 aromatic carbocycles. The zero-order valence-corrected chi connectivity index (χ0v) is 11.2. The number of nitrogens with zero attached hydrogens (tertiary/aromatic N) is 1. The quantitative estimate of drug-likeness (QED) is 0.930. The monoisotopic (exact) mass is 291 g/mol. The van der Waals surface area contributed by atoms with E-state index in [0.29, 0.717) is 22.3 Å². The van der Waals surface area contributed by atoms with Gasteiger partial charge in [-0.2, -0.15) is 0 Å². The van der Waals surface area contributed by atoms with Crippen molar-refractivity contribution in [2.45, 2.75) is 5.37 Å². The van der Waals surface area contributed by atoms with Crippen molar-refractivity contribution in [3.8, 4) is 0 Å². The summed E-state index contributed by atoms with van der Waals surface area (Å²) in [5, 5.41) is 9.86. The standard InChI is InChI=1S/C11H11Cl2NO2S/c12-8-2-1-7(5-9(8)13)11-14(3-4-15)10(16)6-17-11/h1-2,5,11,15H,3-4,6H2/t11-/m0/s1. The minimum Gasteiger partial charge on any atom is -0.395 e. The third kappa shape index (κ3) is 2.71. The minimum absolute atomic E-state index is 0.0376. The zero-order chi connectivity index (χ0) is 12.4. The van der Waals surface area contributed by atoms with Crippen LogP contribution in [0.5, 0.6) is 0 Å². The molecule has 1 heterocycles. The smallest absolute Gasteiger partial charge is 0.233 e. The fourth-order valence-corrected chi connectivity index (χ4v) is 3.26. The van der Waals surface area contributed by atoms with E-state index in [1.165, 1.54) is 11.8 Å². The van der Waals surface area contributed by atoms with Gasteiger partial charge in [0.05, 0.1) is 22.4 Å². The summed E-state index contributed by atoms with van der Waals surface area (Å²) in [5.41, 5.74) is 0.934. The predicted molar refractivity (Wildman–Crippen MR) is 70.5 cm³/mol. The molecule has 1 aromatic rings. The highest BCUT2D eigenvalue weighted by Gasteiger charge is 2.32. The number of hydrogen-bond acceptors (Lipinski definition) is 3. The maximum atomic E-state index is 11.6. The van der Waals surface area contributed by atoms with Crippen molar-refractivity contribution in [2.24, 2.45) is 0 Å². The van der Waals surface area contributed by atoms with Gasteiger partial charge in [-0.15, -0.1) is 11.8 Å². The van der Waals surface area contributed by atoms with Crippen molar-refractivity contribution < 1.29 is 9.90 Å². The Morgan fingerprint density at radius 1 is 1.41 bits per heavy atom. The van der Waals surface area contributed by atoms with Crippen LogP contribution < -0.4 is 0 Å². The molecule has 1 atom stereocenters. The van der Waals surface area contributed by atoms with Gasteiger partial charge in [-0.05, 0) is 17.7 Å². The lowest BCUT2D eigenvalue weighted by molar-refractivity contribution is -0.128. The van der Waals surface area contributed by atoms with E-state index in [9.17, 15) is 4.79 Å². The first-order valence-corrected chi connectivity index (χ1v) is 6.91. The van der Waals surface area contributed by atoms with Gasteiger partial charge in [0.15, 0.2) is 0 Å². The number of aliphatic hydroxyl groups excluding tert-OH is 1. The molecule has 0 bridgehead atoms. The number of halogens is 2. The summed E-state index contributed by atoms with van der Waals surface area (Å²) in [4.78, 5) is 13.3. The van der Waals surface area contributed by atoms with Crippen LogP contribution in [0, 0.1) is 0 Å². The Balaban J connectivity index is 2.26. The molecule has 0 aromatic heterocycles. The second kappa shape index (κ2) is 5.48. The van der Waals surface area contributed by atoms with Crippen molar-refractivity contribution in [1.82, 2.24) is 4.90 Å². The van der Waals surface area contributed by atoms with E-state index in [1.54, 1.807) is 17.0 Å². The Hall–Kier alpha value is -0.420. The molecule has 1 fully saturated rings. The Morgan fingerprint density at radius 3 is 2.82 bits per heavy atom. The predicted octanol–water partition coefficient (Wildman–Crippen LogP) is 2.56. The third-order valence-electron chi connectivity index (χ3n) is 2.54. The van der Waals surface area contributed by atoms with Gasteiger partial charge in [-0.3, -0.25) is 4.79 Å². The summed E-state index contributed by atoms with van der Waals surface area (Å²) >= 11 is 13.3. The molecule has 1 N–H and O–H groups in total. The summed E-state index contributed by atoms with van der Waals surface area (Å²) in [7, 11) is 0. The molecule has 1 aliphatic rings. The highest BCUT2D eigenvalue weighted by molar-refractivity contribution is 8.00. The van der Waals surface area contributed by atoms with Gasteiger partial charge in [-0.1, -0.05) is 29.3 Å². The van der Waals surface area contributed by atoms with E-state index in [1.807, 2.05) is 6.07 Å². The number of benzene rings is 1. The molecular weight excluding hydrogens is 281 g/mol. The van der Waals surface area contributed by atoms with Gasteiger partial charge in [0.2, 0.25) is 5.91 Å². The molecule has 3 nitrogen and oxygen atoms in total. The molecule has 1 amide bonds. The molecule has 1 saturated heterocycles. The molecule has 0 saturated carbocycles. The first-order chi connectivity index (χ1) is 8.13. The summed E-state index contributed by atoms with van der Waals surface area (Å²) in [6, 6.07) is 5.35. The Bertz CT molecular complexity index is 441. The van der Waals surface area contributed by atoms with Gasteiger partial charge >= 0.3 is 0 Å². The zero-order valence-electron chi connectivity index (χ0n) is 8.90. The highest BCUT2D eigenvalue weighted by Crippen LogP contribution is 2.39. The third-order valence-corrected chi connectivity index (χ3v) is 4.53. The first kappa shape index (κ1) is 13.0. The van der Waals surface area contributed by atoms with Gasteiger partial charge in [0, 0.05) is 6.54 Å². The average Bonchev–Trinajstić information content (AvgIpc) is 2.66. The average molecular weight is 292 g/mol. The van der Waals surface area contributed by atoms with E-state index < -0.39 is 0 Å². The molecule has 0 radical (unpaired) electrons. The number of β-amino-alcohol motifs (C(OH)–C–C–N with tert-alkyl or cyclic N) is 1. The second-order valence-corrected chi connectivity index (χ2v) is 5.53. The van der Waals surface area contributed by atoms with Crippen LogP contribution in [0.2, 0.25) is 10.0 Å². The number of amides is 1. The van der Waals surface area contributed by atoms with Gasteiger partial charge in [0.25, 0.3) is 0 Å². The summed E-state index contributed by atoms with van der Waals surface area (Å²) in [6.07, 6.45) is 0. The number of rotatable bonds is 3. The molecule has 0 spiro atoms. The van der Waals surface area contributed by atoms with Gasteiger partial charge in [0.1, 0.15) is 5.37 Å². The summed E-state index contributed by atoms with van der Waals surface area (Å²) < 4.78 is 0. The lowest BCUT2D eigenvalue weighted by Crippen LogP contribution is -2.30. The first-order valence-electron chi connectivity index (χ1n) is 5.10. The van der Waals surface area contributed by atoms with Crippen molar-refractivity contribution in [2.75, 3.05) is 18.9 Å². The Kier molecular flexibility index (Phi) is 4.20. The van der Waals surface area contributed by atoms with Crippen LogP contribution in [0.15, 0.2) is 18.2 Å². The fourth-order valence-electron chi connectivity index (χ4n) is 1.75. The van der Waals surface area contributed by atoms with Crippen LogP contribution in [0.1, 0.15) is 10.9 Å². The van der Waals surface area contributed by atoms with Gasteiger partial charge < -0.3 is 10.0 Å². The van der Waals surface area contributed by atoms with Gasteiger partial charge in [-0.25, -0.2) is 0 Å². The Morgan fingerprint density at radius 2 is 2.18 bits per heavy atom. The molecule has 17 heavy (non-hydrogen) atoms.